The Morgan fingerprint density at radius 2 is 1.44 bits per heavy atom. The van der Waals surface area contributed by atoms with E-state index in [2.05, 4.69) is 133 Å². The molecule has 244 valence electrons. The van der Waals surface area contributed by atoms with Crippen molar-refractivity contribution in [2.24, 2.45) is 22.2 Å². The van der Waals surface area contributed by atoms with E-state index in [0.717, 1.165) is 25.7 Å². The fourth-order valence-corrected chi connectivity index (χ4v) is 29.9. The average molecular weight is 725 g/mol. The number of benzene rings is 1. The number of allylic oxidation sites excluding steroid dienone is 9. The second-order valence-electron chi connectivity index (χ2n) is 19.4. The third kappa shape index (κ3) is 4.93. The number of rotatable bonds is 2. The molecule has 45 heavy (non-hydrogen) atoms. The van der Waals surface area contributed by atoms with Crippen LogP contribution in [0.4, 0.5) is 0 Å². The van der Waals surface area contributed by atoms with Crippen LogP contribution in [-0.4, -0.2) is 3.21 Å². The maximum atomic E-state index is 8.50. The Labute approximate surface area is 283 Å². The van der Waals surface area contributed by atoms with E-state index >= 15 is 0 Å². The first kappa shape index (κ1) is 34.1. The van der Waals surface area contributed by atoms with Gasteiger partial charge in [0.2, 0.25) is 0 Å². The molecule has 0 spiro atoms. The maximum absolute atomic E-state index is 8.50. The summed E-state index contributed by atoms with van der Waals surface area (Å²) < 4.78 is 2.84. The van der Waals surface area contributed by atoms with E-state index in [0.29, 0.717) is 0 Å². The van der Waals surface area contributed by atoms with Crippen molar-refractivity contribution in [2.75, 3.05) is 0 Å². The molecule has 2 unspecified atom stereocenters. The van der Waals surface area contributed by atoms with Gasteiger partial charge in [-0.3, -0.25) is 0 Å². The summed E-state index contributed by atoms with van der Waals surface area (Å²) >= 11 is -4.87. The van der Waals surface area contributed by atoms with Crippen molar-refractivity contribution < 1.29 is 15.9 Å². The zero-order chi connectivity index (χ0) is 33.5. The van der Waals surface area contributed by atoms with Crippen LogP contribution in [0.25, 0.3) is 11.6 Å². The fraction of sp³-hybridized carbons (Fsp3) is 0.595. The molecule has 2 atom stereocenters. The van der Waals surface area contributed by atoms with E-state index in [1.54, 1.807) is 33.4 Å². The molecule has 1 aromatic carbocycles. The molecule has 0 saturated carbocycles. The van der Waals surface area contributed by atoms with Crippen LogP contribution in [0.1, 0.15) is 143 Å². The van der Waals surface area contributed by atoms with E-state index in [4.69, 9.17) is 17.0 Å². The van der Waals surface area contributed by atoms with Gasteiger partial charge < -0.3 is 0 Å². The molecule has 0 bridgehead atoms. The Bertz CT molecular complexity index is 1760. The third-order valence-corrected chi connectivity index (χ3v) is 36.6. The first-order chi connectivity index (χ1) is 20.3. The molecule has 5 aliphatic rings. The van der Waals surface area contributed by atoms with Gasteiger partial charge in [0, 0.05) is 0 Å². The minimum absolute atomic E-state index is 0.0599. The van der Waals surface area contributed by atoms with Crippen LogP contribution in [0.5, 0.6) is 0 Å². The van der Waals surface area contributed by atoms with Crippen molar-refractivity contribution >= 4 is 31.9 Å². The van der Waals surface area contributed by atoms with Gasteiger partial charge in [0.15, 0.2) is 0 Å². The molecule has 0 amide bonds. The quantitative estimate of drug-likeness (QED) is 0.285. The van der Waals surface area contributed by atoms with Crippen LogP contribution >= 0.6 is 17.0 Å². The van der Waals surface area contributed by atoms with Gasteiger partial charge in [0.1, 0.15) is 0 Å². The van der Waals surface area contributed by atoms with Crippen LogP contribution in [-0.2, 0) is 39.6 Å². The van der Waals surface area contributed by atoms with Crippen LogP contribution in [0.3, 0.4) is 0 Å². The molecule has 0 heterocycles. The molecule has 6 rings (SSSR count). The topological polar surface area (TPSA) is 0 Å². The zero-order valence-electron chi connectivity index (χ0n) is 30.7. The van der Waals surface area contributed by atoms with Crippen molar-refractivity contribution in [3.8, 4) is 0 Å². The molecule has 0 saturated heterocycles. The molecule has 0 aromatic heterocycles. The standard InChI is InChI=1S/C29H37.C10H15.C3H6.2ClH.Zr/c1-26(2)11-9-18-15-20-23(21(18)16-26)22-17-27(3,4)12-10-19(22)24-25(20)29(7,8)14-13-28(24,5)6;1-8-5-6-9(7-8)10(2,3)4;1-3-2;;;/h9-12,14H,13,15-17H2,1-8H3;6-8H,1-4H3;1-2H3;2*1H;/q;;;;;+2/p-2. The summed E-state index contributed by atoms with van der Waals surface area (Å²) in [7, 11) is 17.0. The Hall–Kier alpha value is -0.747. The molecule has 0 radical (unpaired) electrons. The fourth-order valence-electron chi connectivity index (χ4n) is 10.1. The molecule has 0 N–H and O–H groups in total. The van der Waals surface area contributed by atoms with Gasteiger partial charge in [-0.2, -0.15) is 0 Å². The molecule has 5 aliphatic carbocycles. The van der Waals surface area contributed by atoms with Gasteiger partial charge in [-0.25, -0.2) is 0 Å². The second-order valence-corrected chi connectivity index (χ2v) is 40.7. The summed E-state index contributed by atoms with van der Waals surface area (Å²) in [6.45, 7) is 33.5. The summed E-state index contributed by atoms with van der Waals surface area (Å²) in [6.07, 6.45) is 19.1. The predicted octanol–water partition coefficient (Wildman–Crippen LogP) is 13.0. The number of hydrogen-bond donors (Lipinski definition) is 0. The zero-order valence-corrected chi connectivity index (χ0v) is 34.7. The van der Waals surface area contributed by atoms with Crippen LogP contribution in [0, 0.1) is 22.2 Å². The SMILES string of the molecule is C[C](C)=[Zr]([Cl])([Cl])([C]1=CC(C(C)(C)C)=CC1C)[CH]1CC(C)(C)c2c3c(c4c(c2C1(C)C)CC1=C4CC(C)(C)C=C1)CC(C)(C)C=C3. The first-order valence-corrected chi connectivity index (χ1v) is 27.7. The van der Waals surface area contributed by atoms with Crippen molar-refractivity contribution in [3.63, 3.8) is 0 Å². The van der Waals surface area contributed by atoms with Gasteiger partial charge in [-0.05, 0) is 0 Å². The Balaban J connectivity index is 1.67. The molecule has 1 aromatic rings. The third-order valence-electron chi connectivity index (χ3n) is 12.6. The number of halogens is 2. The Kier molecular flexibility index (Phi) is 7.52. The summed E-state index contributed by atoms with van der Waals surface area (Å²) in [6, 6.07) is 0. The van der Waals surface area contributed by atoms with E-state index in [1.807, 2.05) is 0 Å². The molecule has 0 nitrogen and oxygen atoms in total. The molecule has 3 heteroatoms. The average Bonchev–Trinajstić information content (AvgIpc) is 3.46. The van der Waals surface area contributed by atoms with Crippen molar-refractivity contribution in [3.05, 3.63) is 78.2 Å². The van der Waals surface area contributed by atoms with Gasteiger partial charge in [0.25, 0.3) is 0 Å². The molecule has 0 fully saturated rings. The van der Waals surface area contributed by atoms with E-state index < -0.39 is 15.9 Å². The first-order valence-electron chi connectivity index (χ1n) is 17.5. The predicted molar refractivity (Wildman–Crippen MR) is 198 cm³/mol. The molecular formula is C42H58Cl2Zr. The normalized spacial score (nSPS) is 27.4. The van der Waals surface area contributed by atoms with Crippen molar-refractivity contribution in [1.29, 1.82) is 0 Å². The number of fused-ring (bicyclic) bond motifs is 7. The van der Waals surface area contributed by atoms with Crippen LogP contribution in [0.2, 0.25) is 3.63 Å². The monoisotopic (exact) mass is 722 g/mol. The summed E-state index contributed by atoms with van der Waals surface area (Å²) in [5, 5.41) is 0. The molecular weight excluding hydrogens is 667 g/mol. The van der Waals surface area contributed by atoms with Crippen molar-refractivity contribution in [1.82, 2.24) is 0 Å². The Morgan fingerprint density at radius 1 is 0.844 bits per heavy atom. The van der Waals surface area contributed by atoms with Gasteiger partial charge in [0.05, 0.1) is 0 Å². The summed E-state index contributed by atoms with van der Waals surface area (Å²) in [5.74, 6) is 0.260. The minimum atomic E-state index is -4.87. The van der Waals surface area contributed by atoms with Crippen LogP contribution < -0.4 is 0 Å². The van der Waals surface area contributed by atoms with Crippen LogP contribution in [0.15, 0.2) is 44.8 Å². The van der Waals surface area contributed by atoms with Gasteiger partial charge >= 0.3 is 285 Å². The van der Waals surface area contributed by atoms with E-state index in [9.17, 15) is 0 Å². The van der Waals surface area contributed by atoms with E-state index in [-0.39, 0.29) is 36.6 Å². The number of hydrogen-bond acceptors (Lipinski definition) is 0. The molecule has 0 aliphatic heterocycles. The van der Waals surface area contributed by atoms with Crippen molar-refractivity contribution in [2.45, 2.75) is 137 Å². The Morgan fingerprint density at radius 3 is 2.02 bits per heavy atom. The van der Waals surface area contributed by atoms with E-state index in [1.165, 1.54) is 23.2 Å². The summed E-state index contributed by atoms with van der Waals surface area (Å²) in [5.41, 5.74) is 14.1. The van der Waals surface area contributed by atoms with Gasteiger partial charge in [-0.15, -0.1) is 0 Å². The van der Waals surface area contributed by atoms with Gasteiger partial charge in [-0.1, -0.05) is 0 Å². The second kappa shape index (κ2) is 9.91. The summed E-state index contributed by atoms with van der Waals surface area (Å²) in [4.78, 5) is 0.